The third kappa shape index (κ3) is 2.20. The molecule has 0 amide bonds. The maximum absolute atomic E-state index is 6.15. The van der Waals surface area contributed by atoms with Crippen LogP contribution in [0.25, 0.3) is 0 Å². The molecule has 2 N–H and O–H groups in total. The van der Waals surface area contributed by atoms with Gasteiger partial charge in [0.15, 0.2) is 5.13 Å². The Morgan fingerprint density at radius 2 is 2.24 bits per heavy atom. The fourth-order valence-electron chi connectivity index (χ4n) is 2.62. The van der Waals surface area contributed by atoms with Crippen molar-refractivity contribution in [2.24, 2.45) is 5.73 Å². The van der Waals surface area contributed by atoms with Crippen molar-refractivity contribution in [3.8, 4) is 0 Å². The average molecular weight is 251 g/mol. The predicted octanol–water partition coefficient (Wildman–Crippen LogP) is 2.86. The van der Waals surface area contributed by atoms with Crippen molar-refractivity contribution in [3.63, 3.8) is 0 Å². The Labute approximate surface area is 107 Å². The summed E-state index contributed by atoms with van der Waals surface area (Å²) in [6, 6.07) is 0.949. The van der Waals surface area contributed by atoms with Gasteiger partial charge in [-0.2, -0.15) is 0 Å². The Balaban J connectivity index is 1.86. The van der Waals surface area contributed by atoms with Crippen LogP contribution in [-0.4, -0.2) is 17.6 Å². The molecule has 3 rings (SSSR count). The van der Waals surface area contributed by atoms with Gasteiger partial charge in [0, 0.05) is 23.5 Å². The molecule has 0 radical (unpaired) electrons. The summed E-state index contributed by atoms with van der Waals surface area (Å²) >= 11 is 1.89. The Kier molecular flexibility index (Phi) is 3.09. The molecule has 1 heterocycles. The molecule has 4 heteroatoms. The molecule has 1 aromatic rings. The van der Waals surface area contributed by atoms with E-state index in [-0.39, 0.29) is 6.04 Å². The van der Waals surface area contributed by atoms with Crippen molar-refractivity contribution in [1.29, 1.82) is 0 Å². The second-order valence-electron chi connectivity index (χ2n) is 5.23. The second-order valence-corrected chi connectivity index (χ2v) is 6.29. The van der Waals surface area contributed by atoms with Crippen LogP contribution in [0.15, 0.2) is 0 Å². The van der Waals surface area contributed by atoms with E-state index in [0.717, 1.165) is 19.0 Å². The number of rotatable bonds is 4. The molecule has 1 aromatic heterocycles. The molecular formula is C13H21N3S. The number of nitrogens with two attached hydrogens (primary N) is 1. The SMILES string of the molecule is CCCN(c1nc2c(s1)CCCC2N)C1CC1. The van der Waals surface area contributed by atoms with E-state index in [1.807, 2.05) is 11.3 Å². The highest BCUT2D eigenvalue weighted by Gasteiger charge is 2.32. The van der Waals surface area contributed by atoms with E-state index in [2.05, 4.69) is 11.8 Å². The molecule has 0 spiro atoms. The topological polar surface area (TPSA) is 42.2 Å². The van der Waals surface area contributed by atoms with Gasteiger partial charge in [0.25, 0.3) is 0 Å². The summed E-state index contributed by atoms with van der Waals surface area (Å²) < 4.78 is 0. The van der Waals surface area contributed by atoms with Crippen molar-refractivity contribution in [2.75, 3.05) is 11.4 Å². The van der Waals surface area contributed by atoms with Crippen LogP contribution in [0, 0.1) is 0 Å². The minimum absolute atomic E-state index is 0.187. The number of fused-ring (bicyclic) bond motifs is 1. The summed E-state index contributed by atoms with van der Waals surface area (Å²) in [5, 5.41) is 1.23. The van der Waals surface area contributed by atoms with E-state index in [0.29, 0.717) is 0 Å². The lowest BCUT2D eigenvalue weighted by Gasteiger charge is -2.20. The van der Waals surface area contributed by atoms with Gasteiger partial charge in [-0.25, -0.2) is 4.98 Å². The van der Waals surface area contributed by atoms with Crippen LogP contribution in [0.4, 0.5) is 5.13 Å². The Morgan fingerprint density at radius 3 is 2.88 bits per heavy atom. The van der Waals surface area contributed by atoms with Crippen LogP contribution in [0.3, 0.4) is 0 Å². The fourth-order valence-corrected chi connectivity index (χ4v) is 3.89. The molecule has 2 aliphatic rings. The van der Waals surface area contributed by atoms with Crippen molar-refractivity contribution in [2.45, 2.75) is 57.5 Å². The van der Waals surface area contributed by atoms with E-state index >= 15 is 0 Å². The molecule has 17 heavy (non-hydrogen) atoms. The van der Waals surface area contributed by atoms with Crippen molar-refractivity contribution in [1.82, 2.24) is 4.98 Å². The fraction of sp³-hybridized carbons (Fsp3) is 0.769. The molecule has 0 aromatic carbocycles. The summed E-state index contributed by atoms with van der Waals surface area (Å²) in [7, 11) is 0. The van der Waals surface area contributed by atoms with Gasteiger partial charge in [-0.05, 0) is 38.5 Å². The van der Waals surface area contributed by atoms with Crippen molar-refractivity contribution >= 4 is 16.5 Å². The molecule has 3 nitrogen and oxygen atoms in total. The smallest absolute Gasteiger partial charge is 0.186 e. The van der Waals surface area contributed by atoms with E-state index in [4.69, 9.17) is 10.7 Å². The van der Waals surface area contributed by atoms with Crippen molar-refractivity contribution in [3.05, 3.63) is 10.6 Å². The minimum Gasteiger partial charge on any atom is -0.345 e. The van der Waals surface area contributed by atoms with Gasteiger partial charge in [0.05, 0.1) is 5.69 Å². The Bertz CT molecular complexity index is 397. The lowest BCUT2D eigenvalue weighted by molar-refractivity contribution is 0.563. The van der Waals surface area contributed by atoms with Crippen LogP contribution in [-0.2, 0) is 6.42 Å². The number of thiazole rings is 1. The zero-order valence-corrected chi connectivity index (χ0v) is 11.3. The van der Waals surface area contributed by atoms with Crippen LogP contribution in [0.2, 0.25) is 0 Å². The number of hydrogen-bond donors (Lipinski definition) is 1. The number of aryl methyl sites for hydroxylation is 1. The third-order valence-electron chi connectivity index (χ3n) is 3.68. The highest BCUT2D eigenvalue weighted by molar-refractivity contribution is 7.15. The highest BCUT2D eigenvalue weighted by Crippen LogP contribution is 2.39. The normalized spacial score (nSPS) is 23.5. The molecule has 0 aliphatic heterocycles. The third-order valence-corrected chi connectivity index (χ3v) is 4.85. The van der Waals surface area contributed by atoms with Crippen LogP contribution >= 0.6 is 11.3 Å². The lowest BCUT2D eigenvalue weighted by atomic mass is 9.99. The summed E-state index contributed by atoms with van der Waals surface area (Å²) in [5.41, 5.74) is 7.34. The first-order chi connectivity index (χ1) is 8.29. The van der Waals surface area contributed by atoms with Gasteiger partial charge in [0.1, 0.15) is 0 Å². The van der Waals surface area contributed by atoms with E-state index < -0.39 is 0 Å². The van der Waals surface area contributed by atoms with E-state index in [1.165, 1.54) is 47.8 Å². The maximum atomic E-state index is 6.15. The molecule has 1 fully saturated rings. The van der Waals surface area contributed by atoms with Gasteiger partial charge in [-0.3, -0.25) is 0 Å². The molecule has 94 valence electrons. The maximum Gasteiger partial charge on any atom is 0.186 e. The Hall–Kier alpha value is -0.610. The van der Waals surface area contributed by atoms with Gasteiger partial charge >= 0.3 is 0 Å². The molecule has 0 bridgehead atoms. The number of nitrogens with zero attached hydrogens (tertiary/aromatic N) is 2. The highest BCUT2D eigenvalue weighted by atomic mass is 32.1. The monoisotopic (exact) mass is 251 g/mol. The van der Waals surface area contributed by atoms with Crippen LogP contribution in [0.5, 0.6) is 0 Å². The number of aromatic nitrogens is 1. The largest absolute Gasteiger partial charge is 0.345 e. The van der Waals surface area contributed by atoms with Crippen LogP contribution in [0.1, 0.15) is 55.6 Å². The second kappa shape index (κ2) is 4.58. The van der Waals surface area contributed by atoms with Crippen LogP contribution < -0.4 is 10.6 Å². The molecule has 1 unspecified atom stereocenters. The Morgan fingerprint density at radius 1 is 1.41 bits per heavy atom. The van der Waals surface area contributed by atoms with Gasteiger partial charge in [-0.15, -0.1) is 11.3 Å². The predicted molar refractivity (Wildman–Crippen MR) is 72.6 cm³/mol. The first-order valence-electron chi connectivity index (χ1n) is 6.81. The first kappa shape index (κ1) is 11.5. The molecular weight excluding hydrogens is 230 g/mol. The zero-order valence-electron chi connectivity index (χ0n) is 10.5. The molecule has 1 atom stereocenters. The standard InChI is InChI=1S/C13H21N3S/c1-2-8-16(9-6-7-9)13-15-12-10(14)4-3-5-11(12)17-13/h9-10H,2-8,14H2,1H3. The quantitative estimate of drug-likeness (QED) is 0.894. The van der Waals surface area contributed by atoms with Gasteiger partial charge in [0.2, 0.25) is 0 Å². The number of anilines is 1. The zero-order chi connectivity index (χ0) is 11.8. The summed E-state index contributed by atoms with van der Waals surface area (Å²) in [5.74, 6) is 0. The van der Waals surface area contributed by atoms with E-state index in [1.54, 1.807) is 0 Å². The van der Waals surface area contributed by atoms with Crippen molar-refractivity contribution < 1.29 is 0 Å². The minimum atomic E-state index is 0.187. The van der Waals surface area contributed by atoms with Gasteiger partial charge < -0.3 is 10.6 Å². The molecule has 2 aliphatic carbocycles. The average Bonchev–Trinajstić information content (AvgIpc) is 3.05. The molecule has 0 saturated heterocycles. The first-order valence-corrected chi connectivity index (χ1v) is 7.63. The van der Waals surface area contributed by atoms with Gasteiger partial charge in [-0.1, -0.05) is 6.92 Å². The summed E-state index contributed by atoms with van der Waals surface area (Å²) in [6.07, 6.45) is 7.41. The summed E-state index contributed by atoms with van der Waals surface area (Å²) in [4.78, 5) is 8.79. The number of hydrogen-bond acceptors (Lipinski definition) is 4. The van der Waals surface area contributed by atoms with E-state index in [9.17, 15) is 0 Å². The summed E-state index contributed by atoms with van der Waals surface area (Å²) in [6.45, 7) is 3.39. The molecule has 1 saturated carbocycles. The lowest BCUT2D eigenvalue weighted by Crippen LogP contribution is -2.26.